The smallest absolute Gasteiger partial charge is 0.0657 e. The second kappa shape index (κ2) is 7.05. The lowest BCUT2D eigenvalue weighted by atomic mass is 10.0. The van der Waals surface area contributed by atoms with E-state index in [0.717, 1.165) is 17.4 Å². The molecule has 90 valence electrons. The number of hydrogen-bond donors (Lipinski definition) is 1. The molecule has 1 rings (SSSR count). The number of rotatable bonds is 6. The SMILES string of the molecule is CCCNC(COC)c1cc(C)cc(Br)c1. The first-order valence-corrected chi connectivity index (χ1v) is 6.46. The van der Waals surface area contributed by atoms with Crippen molar-refractivity contribution in [3.63, 3.8) is 0 Å². The highest BCUT2D eigenvalue weighted by Crippen LogP contribution is 2.21. The fraction of sp³-hybridized carbons (Fsp3) is 0.538. The summed E-state index contributed by atoms with van der Waals surface area (Å²) in [6, 6.07) is 6.75. The molecule has 0 bridgehead atoms. The van der Waals surface area contributed by atoms with Crippen LogP contribution in [0, 0.1) is 6.92 Å². The molecule has 1 unspecified atom stereocenters. The molecule has 16 heavy (non-hydrogen) atoms. The third kappa shape index (κ3) is 4.24. The van der Waals surface area contributed by atoms with Crippen LogP contribution in [-0.2, 0) is 4.74 Å². The standard InChI is InChI=1S/C13H20BrNO/c1-4-5-15-13(9-16-3)11-6-10(2)7-12(14)8-11/h6-8,13,15H,4-5,9H2,1-3H3. The van der Waals surface area contributed by atoms with Crippen LogP contribution in [0.15, 0.2) is 22.7 Å². The van der Waals surface area contributed by atoms with Gasteiger partial charge in [-0.1, -0.05) is 28.9 Å². The van der Waals surface area contributed by atoms with Crippen LogP contribution in [-0.4, -0.2) is 20.3 Å². The van der Waals surface area contributed by atoms with Gasteiger partial charge in [0.25, 0.3) is 0 Å². The van der Waals surface area contributed by atoms with Crippen molar-refractivity contribution in [2.45, 2.75) is 26.3 Å². The Labute approximate surface area is 107 Å². The summed E-state index contributed by atoms with van der Waals surface area (Å²) < 4.78 is 6.38. The van der Waals surface area contributed by atoms with Gasteiger partial charge in [0.2, 0.25) is 0 Å². The monoisotopic (exact) mass is 285 g/mol. The molecule has 0 aromatic heterocycles. The van der Waals surface area contributed by atoms with E-state index in [2.05, 4.69) is 53.3 Å². The Hall–Kier alpha value is -0.380. The highest BCUT2D eigenvalue weighted by molar-refractivity contribution is 9.10. The Morgan fingerprint density at radius 3 is 2.69 bits per heavy atom. The topological polar surface area (TPSA) is 21.3 Å². The van der Waals surface area contributed by atoms with Crippen molar-refractivity contribution in [3.05, 3.63) is 33.8 Å². The Bertz CT molecular complexity index is 307. The Balaban J connectivity index is 2.82. The van der Waals surface area contributed by atoms with Crippen molar-refractivity contribution in [3.8, 4) is 0 Å². The molecule has 3 heteroatoms. The maximum atomic E-state index is 5.26. The molecule has 2 nitrogen and oxygen atoms in total. The first-order chi connectivity index (χ1) is 7.67. The number of nitrogens with one attached hydrogen (secondary N) is 1. The van der Waals surface area contributed by atoms with Crippen molar-refractivity contribution in [1.29, 1.82) is 0 Å². The van der Waals surface area contributed by atoms with Crippen molar-refractivity contribution >= 4 is 15.9 Å². The minimum absolute atomic E-state index is 0.279. The van der Waals surface area contributed by atoms with E-state index in [-0.39, 0.29) is 6.04 Å². The summed E-state index contributed by atoms with van der Waals surface area (Å²) in [4.78, 5) is 0. The molecule has 0 aliphatic carbocycles. The van der Waals surface area contributed by atoms with Crippen molar-refractivity contribution < 1.29 is 4.74 Å². The molecule has 1 N–H and O–H groups in total. The zero-order chi connectivity index (χ0) is 12.0. The van der Waals surface area contributed by atoms with Crippen LogP contribution in [0.4, 0.5) is 0 Å². The van der Waals surface area contributed by atoms with E-state index < -0.39 is 0 Å². The van der Waals surface area contributed by atoms with Crippen molar-refractivity contribution in [2.24, 2.45) is 0 Å². The molecule has 0 fully saturated rings. The van der Waals surface area contributed by atoms with Gasteiger partial charge in [0, 0.05) is 11.6 Å². The van der Waals surface area contributed by atoms with Crippen molar-refractivity contribution in [2.75, 3.05) is 20.3 Å². The predicted octanol–water partition coefficient (Wildman–Crippen LogP) is 3.44. The average molecular weight is 286 g/mol. The summed E-state index contributed by atoms with van der Waals surface area (Å²) in [5.41, 5.74) is 2.55. The van der Waals surface area contributed by atoms with Gasteiger partial charge in [0.15, 0.2) is 0 Å². The van der Waals surface area contributed by atoms with E-state index in [0.29, 0.717) is 6.61 Å². The first-order valence-electron chi connectivity index (χ1n) is 5.66. The first kappa shape index (κ1) is 13.7. The van der Waals surface area contributed by atoms with Gasteiger partial charge in [0.1, 0.15) is 0 Å². The van der Waals surface area contributed by atoms with Gasteiger partial charge in [0.05, 0.1) is 12.6 Å². The van der Waals surface area contributed by atoms with Gasteiger partial charge in [-0.3, -0.25) is 0 Å². The molecule has 0 aliphatic heterocycles. The fourth-order valence-corrected chi connectivity index (χ4v) is 2.35. The number of benzene rings is 1. The summed E-state index contributed by atoms with van der Waals surface area (Å²) >= 11 is 3.53. The third-order valence-corrected chi connectivity index (χ3v) is 2.90. The second-order valence-corrected chi connectivity index (χ2v) is 4.94. The number of aryl methyl sites for hydroxylation is 1. The summed E-state index contributed by atoms with van der Waals surface area (Å²) in [5.74, 6) is 0. The lowest BCUT2D eigenvalue weighted by Gasteiger charge is -2.19. The van der Waals surface area contributed by atoms with Gasteiger partial charge < -0.3 is 10.1 Å². The molecule has 0 saturated carbocycles. The highest BCUT2D eigenvalue weighted by atomic mass is 79.9. The molecular formula is C13H20BrNO. The average Bonchev–Trinajstić information content (AvgIpc) is 2.22. The third-order valence-electron chi connectivity index (χ3n) is 2.44. The Morgan fingerprint density at radius 2 is 2.12 bits per heavy atom. The number of methoxy groups -OCH3 is 1. The lowest BCUT2D eigenvalue weighted by Crippen LogP contribution is -2.26. The largest absolute Gasteiger partial charge is 0.383 e. The Morgan fingerprint density at radius 1 is 1.38 bits per heavy atom. The van der Waals surface area contributed by atoms with Gasteiger partial charge in [-0.05, 0) is 43.1 Å². The normalized spacial score (nSPS) is 12.8. The van der Waals surface area contributed by atoms with Crippen LogP contribution in [0.5, 0.6) is 0 Å². The van der Waals surface area contributed by atoms with E-state index in [1.165, 1.54) is 11.1 Å². The molecule has 0 heterocycles. The molecule has 1 aromatic rings. The zero-order valence-corrected chi connectivity index (χ0v) is 11.8. The fourth-order valence-electron chi connectivity index (χ4n) is 1.72. The summed E-state index contributed by atoms with van der Waals surface area (Å²) in [6.45, 7) is 6.00. The van der Waals surface area contributed by atoms with E-state index in [1.54, 1.807) is 7.11 Å². The Kier molecular flexibility index (Phi) is 6.03. The number of hydrogen-bond acceptors (Lipinski definition) is 2. The second-order valence-electron chi connectivity index (χ2n) is 4.02. The molecule has 0 aliphatic rings. The maximum absolute atomic E-state index is 5.26. The van der Waals surface area contributed by atoms with Crippen LogP contribution in [0.1, 0.15) is 30.5 Å². The number of halogens is 1. The van der Waals surface area contributed by atoms with Crippen molar-refractivity contribution in [1.82, 2.24) is 5.32 Å². The zero-order valence-electron chi connectivity index (χ0n) is 10.2. The number of ether oxygens (including phenoxy) is 1. The van der Waals surface area contributed by atoms with Crippen LogP contribution in [0.3, 0.4) is 0 Å². The van der Waals surface area contributed by atoms with E-state index in [9.17, 15) is 0 Å². The molecule has 0 amide bonds. The molecule has 1 atom stereocenters. The molecular weight excluding hydrogens is 266 g/mol. The summed E-state index contributed by atoms with van der Waals surface area (Å²) in [5, 5.41) is 3.50. The van der Waals surface area contributed by atoms with E-state index >= 15 is 0 Å². The molecule has 1 aromatic carbocycles. The highest BCUT2D eigenvalue weighted by Gasteiger charge is 2.11. The van der Waals surface area contributed by atoms with Gasteiger partial charge in [-0.2, -0.15) is 0 Å². The van der Waals surface area contributed by atoms with Crippen LogP contribution in [0.2, 0.25) is 0 Å². The molecule has 0 radical (unpaired) electrons. The maximum Gasteiger partial charge on any atom is 0.0657 e. The predicted molar refractivity (Wildman–Crippen MR) is 71.8 cm³/mol. The summed E-state index contributed by atoms with van der Waals surface area (Å²) in [7, 11) is 1.74. The molecule has 0 spiro atoms. The minimum atomic E-state index is 0.279. The van der Waals surface area contributed by atoms with Gasteiger partial charge >= 0.3 is 0 Å². The summed E-state index contributed by atoms with van der Waals surface area (Å²) in [6.07, 6.45) is 1.13. The molecule has 0 saturated heterocycles. The van der Waals surface area contributed by atoms with Gasteiger partial charge in [-0.15, -0.1) is 0 Å². The minimum Gasteiger partial charge on any atom is -0.383 e. The van der Waals surface area contributed by atoms with Crippen LogP contribution < -0.4 is 5.32 Å². The lowest BCUT2D eigenvalue weighted by molar-refractivity contribution is 0.167. The quantitative estimate of drug-likeness (QED) is 0.865. The van der Waals surface area contributed by atoms with E-state index in [1.807, 2.05) is 0 Å². The van der Waals surface area contributed by atoms with E-state index in [4.69, 9.17) is 4.74 Å². The van der Waals surface area contributed by atoms with Crippen LogP contribution in [0.25, 0.3) is 0 Å². The van der Waals surface area contributed by atoms with Crippen LogP contribution >= 0.6 is 15.9 Å². The van der Waals surface area contributed by atoms with Gasteiger partial charge in [-0.25, -0.2) is 0 Å².